The number of halogens is 2. The van der Waals surface area contributed by atoms with Crippen LogP contribution in [0.15, 0.2) is 30.3 Å². The summed E-state index contributed by atoms with van der Waals surface area (Å²) >= 11 is 12.5. The molecule has 0 amide bonds. The van der Waals surface area contributed by atoms with Gasteiger partial charge in [-0.2, -0.15) is 0 Å². The maximum absolute atomic E-state index is 6.45. The number of fused-ring (bicyclic) bond motifs is 3. The van der Waals surface area contributed by atoms with Gasteiger partial charge in [0.05, 0.1) is 0 Å². The lowest BCUT2D eigenvalue weighted by molar-refractivity contribution is 0.405. The van der Waals surface area contributed by atoms with Gasteiger partial charge in [0, 0.05) is 46.3 Å². The number of hydrogen-bond donors (Lipinski definition) is 1. The van der Waals surface area contributed by atoms with Crippen molar-refractivity contribution < 1.29 is 0 Å². The molecule has 2 aromatic rings. The zero-order valence-corrected chi connectivity index (χ0v) is 14.3. The fraction of sp³-hybridized carbons (Fsp3) is 0.368. The summed E-state index contributed by atoms with van der Waals surface area (Å²) in [5, 5.41) is 4.99. The Morgan fingerprint density at radius 2 is 2.04 bits per heavy atom. The van der Waals surface area contributed by atoms with Crippen molar-refractivity contribution in [2.24, 2.45) is 0 Å². The highest BCUT2D eigenvalue weighted by atomic mass is 35.5. The molecule has 4 heteroatoms. The van der Waals surface area contributed by atoms with Gasteiger partial charge in [0.1, 0.15) is 0 Å². The Morgan fingerprint density at radius 3 is 2.91 bits per heavy atom. The van der Waals surface area contributed by atoms with Crippen molar-refractivity contribution in [3.8, 4) is 11.1 Å². The average Bonchev–Trinajstić information content (AvgIpc) is 3.11. The van der Waals surface area contributed by atoms with E-state index in [1.54, 1.807) is 0 Å². The van der Waals surface area contributed by atoms with E-state index in [1.165, 1.54) is 35.3 Å². The van der Waals surface area contributed by atoms with Crippen molar-refractivity contribution in [2.45, 2.75) is 24.8 Å². The molecule has 2 unspecified atom stereocenters. The molecule has 0 saturated carbocycles. The summed E-state index contributed by atoms with van der Waals surface area (Å²) in [7, 11) is 0. The van der Waals surface area contributed by atoms with E-state index in [2.05, 4.69) is 22.3 Å². The first-order chi connectivity index (χ1) is 11.2. The van der Waals surface area contributed by atoms with E-state index in [0.29, 0.717) is 17.0 Å². The number of anilines is 1. The molecular weight excluding hydrogens is 327 g/mol. The highest BCUT2D eigenvalue weighted by molar-refractivity contribution is 6.36. The Hall–Kier alpha value is -1.22. The van der Waals surface area contributed by atoms with Crippen LogP contribution in [-0.4, -0.2) is 25.7 Å². The summed E-state index contributed by atoms with van der Waals surface area (Å²) in [5.41, 5.74) is 6.82. The Labute approximate surface area is 146 Å². The number of benzene rings is 2. The van der Waals surface area contributed by atoms with Crippen LogP contribution in [0.5, 0.6) is 0 Å². The molecule has 1 fully saturated rings. The van der Waals surface area contributed by atoms with E-state index in [-0.39, 0.29) is 0 Å². The molecule has 2 aromatic carbocycles. The van der Waals surface area contributed by atoms with Crippen LogP contribution in [0.25, 0.3) is 11.1 Å². The van der Waals surface area contributed by atoms with Crippen molar-refractivity contribution in [2.75, 3.05) is 24.5 Å². The molecule has 1 saturated heterocycles. The zero-order chi connectivity index (χ0) is 15.6. The number of hydrogen-bond acceptors (Lipinski definition) is 2. The van der Waals surface area contributed by atoms with Crippen LogP contribution in [0.2, 0.25) is 10.0 Å². The molecule has 5 rings (SSSR count). The van der Waals surface area contributed by atoms with E-state index in [0.717, 1.165) is 30.1 Å². The van der Waals surface area contributed by atoms with Crippen LogP contribution in [-0.2, 0) is 6.42 Å². The predicted octanol–water partition coefficient (Wildman–Crippen LogP) is 4.48. The molecule has 0 aliphatic carbocycles. The first-order valence-electron chi connectivity index (χ1n) is 8.32. The molecule has 2 nitrogen and oxygen atoms in total. The highest BCUT2D eigenvalue weighted by Crippen LogP contribution is 2.50. The monoisotopic (exact) mass is 344 g/mol. The molecule has 23 heavy (non-hydrogen) atoms. The van der Waals surface area contributed by atoms with E-state index in [4.69, 9.17) is 23.2 Å². The van der Waals surface area contributed by atoms with Crippen molar-refractivity contribution in [3.05, 3.63) is 51.5 Å². The summed E-state index contributed by atoms with van der Waals surface area (Å²) in [6, 6.07) is 11.2. The Morgan fingerprint density at radius 1 is 1.13 bits per heavy atom. The van der Waals surface area contributed by atoms with Crippen molar-refractivity contribution in [3.63, 3.8) is 0 Å². The van der Waals surface area contributed by atoms with Crippen molar-refractivity contribution in [1.29, 1.82) is 0 Å². The third-order valence-electron chi connectivity index (χ3n) is 5.62. The lowest BCUT2D eigenvalue weighted by Gasteiger charge is -2.32. The van der Waals surface area contributed by atoms with Gasteiger partial charge < -0.3 is 10.2 Å². The molecule has 0 spiro atoms. The highest BCUT2D eigenvalue weighted by Gasteiger charge is 2.43. The van der Waals surface area contributed by atoms with E-state index >= 15 is 0 Å². The van der Waals surface area contributed by atoms with Crippen LogP contribution in [0.3, 0.4) is 0 Å². The molecule has 1 N–H and O–H groups in total. The quantitative estimate of drug-likeness (QED) is 0.820. The first-order valence-corrected chi connectivity index (χ1v) is 9.07. The Balaban J connectivity index is 1.67. The maximum atomic E-state index is 6.45. The molecule has 0 bridgehead atoms. The van der Waals surface area contributed by atoms with Crippen LogP contribution in [0, 0.1) is 0 Å². The van der Waals surface area contributed by atoms with Gasteiger partial charge in [0.15, 0.2) is 0 Å². The van der Waals surface area contributed by atoms with Gasteiger partial charge in [-0.25, -0.2) is 0 Å². The largest absolute Gasteiger partial charge is 0.367 e. The molecule has 0 radical (unpaired) electrons. The summed E-state index contributed by atoms with van der Waals surface area (Å²) in [6.45, 7) is 3.39. The second-order valence-electron chi connectivity index (χ2n) is 6.81. The van der Waals surface area contributed by atoms with Gasteiger partial charge in [-0.1, -0.05) is 29.3 Å². The first kappa shape index (κ1) is 14.2. The number of rotatable bonds is 1. The minimum Gasteiger partial charge on any atom is -0.367 e. The predicted molar refractivity (Wildman–Crippen MR) is 97.0 cm³/mol. The topological polar surface area (TPSA) is 15.3 Å². The van der Waals surface area contributed by atoms with E-state index in [9.17, 15) is 0 Å². The normalized spacial score (nSPS) is 24.7. The Kier molecular flexibility index (Phi) is 3.16. The van der Waals surface area contributed by atoms with Gasteiger partial charge in [-0.3, -0.25) is 0 Å². The lowest BCUT2D eigenvalue weighted by atomic mass is 9.87. The fourth-order valence-corrected chi connectivity index (χ4v) is 5.16. The summed E-state index contributed by atoms with van der Waals surface area (Å²) in [6.07, 6.45) is 2.40. The van der Waals surface area contributed by atoms with Crippen LogP contribution >= 0.6 is 23.2 Å². The number of nitrogens with one attached hydrogen (secondary N) is 1. The smallest absolute Gasteiger partial charge is 0.0499 e. The molecule has 2 atom stereocenters. The SMILES string of the molecule is Clc1ccc(-c2cc3c4c(c2)C2CNCCC2N4CC3)c(Cl)c1. The third-order valence-corrected chi connectivity index (χ3v) is 6.16. The summed E-state index contributed by atoms with van der Waals surface area (Å²) in [5.74, 6) is 0.615. The molecule has 3 aliphatic rings. The minimum absolute atomic E-state index is 0.615. The molecular formula is C19H18Cl2N2. The van der Waals surface area contributed by atoms with Crippen LogP contribution in [0.1, 0.15) is 23.5 Å². The zero-order valence-electron chi connectivity index (χ0n) is 12.8. The van der Waals surface area contributed by atoms with E-state index in [1.807, 2.05) is 18.2 Å². The van der Waals surface area contributed by atoms with Gasteiger partial charge >= 0.3 is 0 Å². The second-order valence-corrected chi connectivity index (χ2v) is 7.65. The number of nitrogens with zero attached hydrogens (tertiary/aromatic N) is 1. The van der Waals surface area contributed by atoms with Gasteiger partial charge in [0.25, 0.3) is 0 Å². The molecule has 3 aliphatic heterocycles. The Bertz CT molecular complexity index is 802. The van der Waals surface area contributed by atoms with Crippen LogP contribution < -0.4 is 10.2 Å². The summed E-state index contributed by atoms with van der Waals surface area (Å²) < 4.78 is 0. The van der Waals surface area contributed by atoms with Crippen LogP contribution in [0.4, 0.5) is 5.69 Å². The summed E-state index contributed by atoms with van der Waals surface area (Å²) in [4.78, 5) is 2.66. The molecule has 3 heterocycles. The average molecular weight is 345 g/mol. The molecule has 0 aromatic heterocycles. The third kappa shape index (κ3) is 2.05. The fourth-order valence-electron chi connectivity index (χ4n) is 4.64. The van der Waals surface area contributed by atoms with Gasteiger partial charge in [-0.05, 0) is 60.3 Å². The van der Waals surface area contributed by atoms with Crippen molar-refractivity contribution >= 4 is 28.9 Å². The van der Waals surface area contributed by atoms with E-state index < -0.39 is 0 Å². The minimum atomic E-state index is 0.615. The number of piperidine rings is 1. The standard InChI is InChI=1S/C19H18Cl2N2/c20-13-1-2-14(17(21)9-13)12-7-11-4-6-23-18-3-5-22-10-16(18)15(8-12)19(11)23/h1-2,7-9,16,18,22H,3-6,10H2. The van der Waals surface area contributed by atoms with Gasteiger partial charge in [-0.15, -0.1) is 0 Å². The second kappa shape index (κ2) is 5.14. The maximum Gasteiger partial charge on any atom is 0.0499 e. The van der Waals surface area contributed by atoms with Crippen molar-refractivity contribution in [1.82, 2.24) is 5.32 Å². The lowest BCUT2D eigenvalue weighted by Crippen LogP contribution is -2.43. The molecule has 118 valence electrons. The van der Waals surface area contributed by atoms with Gasteiger partial charge in [0.2, 0.25) is 0 Å².